The topological polar surface area (TPSA) is 43.6 Å². The first-order valence-corrected chi connectivity index (χ1v) is 5.88. The van der Waals surface area contributed by atoms with Crippen LogP contribution in [0.5, 0.6) is 0 Å². The van der Waals surface area contributed by atoms with Gasteiger partial charge in [-0.25, -0.2) is 14.1 Å². The molecule has 0 bridgehead atoms. The van der Waals surface area contributed by atoms with E-state index in [0.29, 0.717) is 21.1 Å². The SMILES string of the molecule is Cn1nc(-c2cnc3cc(F)ccc3c2)nc1C(F)(F)F. The minimum Gasteiger partial charge on any atom is -0.255 e. The first-order valence-electron chi connectivity index (χ1n) is 5.88. The highest BCUT2D eigenvalue weighted by atomic mass is 19.4. The van der Waals surface area contributed by atoms with E-state index in [9.17, 15) is 17.6 Å². The summed E-state index contributed by atoms with van der Waals surface area (Å²) in [5.74, 6) is -1.60. The van der Waals surface area contributed by atoms with E-state index < -0.39 is 17.8 Å². The molecule has 0 aliphatic carbocycles. The number of nitrogens with zero attached hydrogens (tertiary/aromatic N) is 4. The standard InChI is InChI=1S/C13H8F4N4/c1-21-12(13(15,16)17)19-11(20-21)8-4-7-2-3-9(14)5-10(7)18-6-8/h2-6H,1H3. The van der Waals surface area contributed by atoms with Crippen LogP contribution in [0.1, 0.15) is 5.82 Å². The van der Waals surface area contributed by atoms with Crippen molar-refractivity contribution in [2.45, 2.75) is 6.18 Å². The molecule has 0 aliphatic rings. The molecule has 108 valence electrons. The van der Waals surface area contributed by atoms with Crippen LogP contribution in [0.2, 0.25) is 0 Å². The van der Waals surface area contributed by atoms with Crippen LogP contribution in [-0.2, 0) is 13.2 Å². The lowest BCUT2D eigenvalue weighted by molar-refractivity contribution is -0.147. The predicted molar refractivity (Wildman–Crippen MR) is 66.7 cm³/mol. The first kappa shape index (κ1) is 13.5. The molecule has 0 aliphatic heterocycles. The van der Waals surface area contributed by atoms with Gasteiger partial charge in [0, 0.05) is 30.3 Å². The molecule has 8 heteroatoms. The number of aryl methyl sites for hydroxylation is 1. The van der Waals surface area contributed by atoms with E-state index in [0.717, 1.165) is 0 Å². The van der Waals surface area contributed by atoms with Gasteiger partial charge in [0.05, 0.1) is 5.52 Å². The average molecular weight is 296 g/mol. The van der Waals surface area contributed by atoms with Crippen molar-refractivity contribution >= 4 is 10.9 Å². The summed E-state index contributed by atoms with van der Waals surface area (Å²) in [6.07, 6.45) is -3.26. The molecule has 2 aromatic heterocycles. The number of rotatable bonds is 1. The molecule has 4 nitrogen and oxygen atoms in total. The van der Waals surface area contributed by atoms with Gasteiger partial charge in [-0.15, -0.1) is 0 Å². The van der Waals surface area contributed by atoms with Gasteiger partial charge in [-0.2, -0.15) is 18.3 Å². The Kier molecular flexibility index (Phi) is 2.89. The fourth-order valence-corrected chi connectivity index (χ4v) is 1.97. The molecule has 0 spiro atoms. The number of aromatic nitrogens is 4. The number of alkyl halides is 3. The van der Waals surface area contributed by atoms with Crippen molar-refractivity contribution in [1.82, 2.24) is 19.7 Å². The second kappa shape index (κ2) is 4.51. The van der Waals surface area contributed by atoms with Gasteiger partial charge in [-0.3, -0.25) is 4.98 Å². The smallest absolute Gasteiger partial charge is 0.255 e. The van der Waals surface area contributed by atoms with Crippen molar-refractivity contribution in [3.63, 3.8) is 0 Å². The summed E-state index contributed by atoms with van der Waals surface area (Å²) in [4.78, 5) is 7.50. The lowest BCUT2D eigenvalue weighted by Gasteiger charge is -2.02. The molecular weight excluding hydrogens is 288 g/mol. The summed E-state index contributed by atoms with van der Waals surface area (Å²) in [5.41, 5.74) is 0.742. The fourth-order valence-electron chi connectivity index (χ4n) is 1.97. The third kappa shape index (κ3) is 2.44. The number of fused-ring (bicyclic) bond motifs is 1. The zero-order chi connectivity index (χ0) is 15.2. The summed E-state index contributed by atoms with van der Waals surface area (Å²) in [6, 6.07) is 5.55. The molecule has 0 amide bonds. The zero-order valence-corrected chi connectivity index (χ0v) is 10.7. The minimum absolute atomic E-state index is 0.0800. The molecule has 3 rings (SSSR count). The van der Waals surface area contributed by atoms with E-state index in [4.69, 9.17) is 0 Å². The fraction of sp³-hybridized carbons (Fsp3) is 0.154. The second-order valence-corrected chi connectivity index (χ2v) is 4.44. The normalized spacial score (nSPS) is 12.0. The van der Waals surface area contributed by atoms with Crippen LogP contribution < -0.4 is 0 Å². The van der Waals surface area contributed by atoms with Crippen LogP contribution in [0, 0.1) is 5.82 Å². The van der Waals surface area contributed by atoms with Gasteiger partial charge in [0.15, 0.2) is 5.82 Å². The van der Waals surface area contributed by atoms with Crippen molar-refractivity contribution in [2.75, 3.05) is 0 Å². The monoisotopic (exact) mass is 296 g/mol. The quantitative estimate of drug-likeness (QED) is 0.648. The molecule has 0 fully saturated rings. The zero-order valence-electron chi connectivity index (χ0n) is 10.7. The Hall–Kier alpha value is -2.51. The van der Waals surface area contributed by atoms with Crippen molar-refractivity contribution in [1.29, 1.82) is 0 Å². The van der Waals surface area contributed by atoms with E-state index in [1.165, 1.54) is 31.4 Å². The Morgan fingerprint density at radius 2 is 1.90 bits per heavy atom. The van der Waals surface area contributed by atoms with Crippen LogP contribution in [0.3, 0.4) is 0 Å². The Balaban J connectivity index is 2.10. The molecule has 0 atom stereocenters. The first-order chi connectivity index (χ1) is 9.84. The Bertz CT molecular complexity index is 823. The van der Waals surface area contributed by atoms with Gasteiger partial charge in [-0.05, 0) is 18.2 Å². The van der Waals surface area contributed by atoms with Crippen LogP contribution in [-0.4, -0.2) is 19.7 Å². The highest BCUT2D eigenvalue weighted by molar-refractivity contribution is 5.82. The van der Waals surface area contributed by atoms with Gasteiger partial charge >= 0.3 is 6.18 Å². The third-order valence-corrected chi connectivity index (χ3v) is 2.92. The van der Waals surface area contributed by atoms with Crippen molar-refractivity contribution in [2.24, 2.45) is 7.05 Å². The van der Waals surface area contributed by atoms with E-state index >= 15 is 0 Å². The van der Waals surface area contributed by atoms with Crippen LogP contribution in [0.15, 0.2) is 30.5 Å². The molecule has 0 N–H and O–H groups in total. The molecule has 2 heterocycles. The maximum absolute atomic E-state index is 13.1. The number of halogens is 4. The van der Waals surface area contributed by atoms with Gasteiger partial charge in [-0.1, -0.05) is 0 Å². The number of pyridine rings is 1. The summed E-state index contributed by atoms with van der Waals surface area (Å²) in [6.45, 7) is 0. The van der Waals surface area contributed by atoms with Crippen LogP contribution >= 0.6 is 0 Å². The molecule has 21 heavy (non-hydrogen) atoms. The summed E-state index contributed by atoms with van der Waals surface area (Å²) in [5, 5.41) is 4.34. The van der Waals surface area contributed by atoms with Crippen LogP contribution in [0.25, 0.3) is 22.3 Å². The largest absolute Gasteiger partial charge is 0.451 e. The van der Waals surface area contributed by atoms with E-state index in [1.807, 2.05) is 0 Å². The second-order valence-electron chi connectivity index (χ2n) is 4.44. The van der Waals surface area contributed by atoms with Gasteiger partial charge < -0.3 is 0 Å². The highest BCUT2D eigenvalue weighted by Crippen LogP contribution is 2.29. The van der Waals surface area contributed by atoms with Crippen LogP contribution in [0.4, 0.5) is 17.6 Å². The summed E-state index contributed by atoms with van der Waals surface area (Å²) in [7, 11) is 1.17. The lowest BCUT2D eigenvalue weighted by Crippen LogP contribution is -2.13. The Morgan fingerprint density at radius 1 is 1.14 bits per heavy atom. The summed E-state index contributed by atoms with van der Waals surface area (Å²) >= 11 is 0. The van der Waals surface area contributed by atoms with E-state index in [1.54, 1.807) is 6.07 Å². The maximum Gasteiger partial charge on any atom is 0.451 e. The van der Waals surface area contributed by atoms with Gasteiger partial charge in [0.1, 0.15) is 5.82 Å². The van der Waals surface area contributed by atoms with Gasteiger partial charge in [0.25, 0.3) is 0 Å². The Morgan fingerprint density at radius 3 is 2.57 bits per heavy atom. The predicted octanol–water partition coefficient (Wildman–Crippen LogP) is 3.19. The molecule has 3 aromatic rings. The number of benzene rings is 1. The molecule has 0 saturated carbocycles. The number of hydrogen-bond donors (Lipinski definition) is 0. The molecule has 0 saturated heterocycles. The van der Waals surface area contributed by atoms with E-state index in [2.05, 4.69) is 15.1 Å². The van der Waals surface area contributed by atoms with Crippen molar-refractivity contribution < 1.29 is 17.6 Å². The minimum atomic E-state index is -4.58. The molecule has 1 aromatic carbocycles. The maximum atomic E-state index is 13.1. The molecular formula is C13H8F4N4. The highest BCUT2D eigenvalue weighted by Gasteiger charge is 2.37. The van der Waals surface area contributed by atoms with Crippen molar-refractivity contribution in [3.05, 3.63) is 42.1 Å². The Labute approximate surface area is 116 Å². The van der Waals surface area contributed by atoms with E-state index in [-0.39, 0.29) is 5.82 Å². The lowest BCUT2D eigenvalue weighted by atomic mass is 10.1. The molecule has 0 unspecified atom stereocenters. The third-order valence-electron chi connectivity index (χ3n) is 2.92. The molecule has 0 radical (unpaired) electrons. The average Bonchev–Trinajstić information content (AvgIpc) is 2.80. The van der Waals surface area contributed by atoms with Gasteiger partial charge in [0.2, 0.25) is 5.82 Å². The summed E-state index contributed by atoms with van der Waals surface area (Å²) < 4.78 is 51.8. The van der Waals surface area contributed by atoms with Crippen molar-refractivity contribution in [3.8, 4) is 11.4 Å². The number of hydrogen-bond acceptors (Lipinski definition) is 3.